The standard InChI is InChI=1S/C40H58N4O8S/c1-28(45)34(53-22-19-35(46)42-31-26-39(2,3)44(50)40(4,5)27-31)25-36(47)43-33(24-30-17-11-8-12-18-30)38(49)52-21-14-13-20-51-37(48)32(41-6)23-29-15-9-7-10-16-29/h7-12,15-18,31-34,41,50H,13-14,19-27H2,1-6H3,(H,42,46)(H,43,47). The van der Waals surface area contributed by atoms with Crippen LogP contribution in [0.15, 0.2) is 60.7 Å². The van der Waals surface area contributed by atoms with Gasteiger partial charge in [0.15, 0.2) is 0 Å². The third-order valence-electron chi connectivity index (χ3n) is 9.32. The fraction of sp³-hybridized carbons (Fsp3) is 0.575. The molecule has 3 unspecified atom stereocenters. The van der Waals surface area contributed by atoms with Crippen LogP contribution in [0.5, 0.6) is 0 Å². The number of hydroxylamine groups is 2. The van der Waals surface area contributed by atoms with E-state index in [0.717, 1.165) is 11.1 Å². The van der Waals surface area contributed by atoms with Crippen LogP contribution in [0.4, 0.5) is 0 Å². The highest BCUT2D eigenvalue weighted by Crippen LogP contribution is 2.36. The highest BCUT2D eigenvalue weighted by atomic mass is 32.2. The first-order valence-electron chi connectivity index (χ1n) is 18.4. The molecule has 292 valence electrons. The van der Waals surface area contributed by atoms with Gasteiger partial charge in [-0.15, -0.1) is 11.8 Å². The number of unbranched alkanes of at least 4 members (excludes halogenated alkanes) is 1. The maximum absolute atomic E-state index is 13.2. The molecule has 0 spiro atoms. The van der Waals surface area contributed by atoms with Gasteiger partial charge in [-0.1, -0.05) is 60.7 Å². The summed E-state index contributed by atoms with van der Waals surface area (Å²) >= 11 is 1.24. The summed E-state index contributed by atoms with van der Waals surface area (Å²) in [5.41, 5.74) is 0.856. The first kappa shape index (κ1) is 43.6. The van der Waals surface area contributed by atoms with Gasteiger partial charge in [-0.2, -0.15) is 5.06 Å². The predicted molar refractivity (Wildman–Crippen MR) is 205 cm³/mol. The number of carbonyl (C=O) groups is 5. The lowest BCUT2D eigenvalue weighted by molar-refractivity contribution is -0.246. The number of rotatable bonds is 21. The van der Waals surface area contributed by atoms with Gasteiger partial charge >= 0.3 is 11.9 Å². The average molecular weight is 755 g/mol. The number of Topliss-reactive ketones (excluding diaryl/α,β-unsaturated/α-hetero) is 1. The Hall–Kier alpha value is -3.78. The van der Waals surface area contributed by atoms with Crippen LogP contribution in [0.1, 0.15) is 84.3 Å². The number of ketones is 1. The van der Waals surface area contributed by atoms with E-state index in [2.05, 4.69) is 16.0 Å². The molecule has 13 heteroatoms. The molecular formula is C40H58N4O8S. The molecule has 1 aliphatic rings. The van der Waals surface area contributed by atoms with Crippen LogP contribution >= 0.6 is 11.8 Å². The molecule has 3 rings (SSSR count). The van der Waals surface area contributed by atoms with E-state index in [9.17, 15) is 29.2 Å². The second-order valence-electron chi connectivity index (χ2n) is 14.9. The third-order valence-corrected chi connectivity index (χ3v) is 10.7. The summed E-state index contributed by atoms with van der Waals surface area (Å²) in [4.78, 5) is 64.3. The zero-order chi connectivity index (χ0) is 39.0. The molecule has 1 fully saturated rings. The number of carbonyl (C=O) groups excluding carboxylic acids is 5. The Morgan fingerprint density at radius 1 is 0.811 bits per heavy atom. The molecule has 0 radical (unpaired) electrons. The van der Waals surface area contributed by atoms with Crippen molar-refractivity contribution < 1.29 is 38.7 Å². The van der Waals surface area contributed by atoms with E-state index in [0.29, 0.717) is 37.9 Å². The lowest BCUT2D eigenvalue weighted by Gasteiger charge is -2.51. The van der Waals surface area contributed by atoms with E-state index in [1.165, 1.54) is 23.7 Å². The van der Waals surface area contributed by atoms with Crippen LogP contribution in [-0.4, -0.2) is 100 Å². The van der Waals surface area contributed by atoms with E-state index in [4.69, 9.17) is 9.47 Å². The van der Waals surface area contributed by atoms with Gasteiger partial charge in [0.1, 0.15) is 17.9 Å². The van der Waals surface area contributed by atoms with E-state index in [1.54, 1.807) is 7.05 Å². The maximum atomic E-state index is 13.2. The predicted octanol–water partition coefficient (Wildman–Crippen LogP) is 4.41. The number of benzene rings is 2. The van der Waals surface area contributed by atoms with Gasteiger partial charge in [0.25, 0.3) is 0 Å². The Morgan fingerprint density at radius 3 is 1.79 bits per heavy atom. The first-order chi connectivity index (χ1) is 25.1. The molecule has 1 heterocycles. The van der Waals surface area contributed by atoms with Crippen molar-refractivity contribution in [1.82, 2.24) is 21.0 Å². The topological polar surface area (TPSA) is 163 Å². The van der Waals surface area contributed by atoms with E-state index in [1.807, 2.05) is 88.4 Å². The number of thioether (sulfide) groups is 1. The van der Waals surface area contributed by atoms with Crippen LogP contribution in [0.2, 0.25) is 0 Å². The summed E-state index contributed by atoms with van der Waals surface area (Å²) in [5.74, 6) is -1.43. The third kappa shape index (κ3) is 14.9. The number of likely N-dealkylation sites (N-methyl/N-ethyl adjacent to an activating group) is 1. The van der Waals surface area contributed by atoms with Crippen molar-refractivity contribution in [3.8, 4) is 0 Å². The number of nitrogens with zero attached hydrogens (tertiary/aromatic N) is 1. The smallest absolute Gasteiger partial charge is 0.328 e. The van der Waals surface area contributed by atoms with Gasteiger partial charge in [0, 0.05) is 42.1 Å². The first-order valence-corrected chi connectivity index (χ1v) is 19.4. The molecule has 2 amide bonds. The Labute approximate surface area is 318 Å². The molecule has 2 aromatic carbocycles. The van der Waals surface area contributed by atoms with Crippen molar-refractivity contribution in [2.75, 3.05) is 26.0 Å². The van der Waals surface area contributed by atoms with Gasteiger partial charge in [-0.25, -0.2) is 4.79 Å². The highest BCUT2D eigenvalue weighted by Gasteiger charge is 2.45. The normalized spacial score (nSPS) is 17.2. The fourth-order valence-corrected chi connectivity index (χ4v) is 7.75. The van der Waals surface area contributed by atoms with Gasteiger partial charge in [0.05, 0.1) is 18.5 Å². The Bertz CT molecular complexity index is 1470. The quantitative estimate of drug-likeness (QED) is 0.106. The summed E-state index contributed by atoms with van der Waals surface area (Å²) in [5, 5.41) is 20.1. The summed E-state index contributed by atoms with van der Waals surface area (Å²) in [6.07, 6.45) is 2.87. The monoisotopic (exact) mass is 754 g/mol. The van der Waals surface area contributed by atoms with E-state index >= 15 is 0 Å². The molecule has 1 saturated heterocycles. The minimum atomic E-state index is -0.973. The second kappa shape index (κ2) is 21.2. The summed E-state index contributed by atoms with van der Waals surface area (Å²) in [7, 11) is 1.71. The van der Waals surface area contributed by atoms with Crippen molar-refractivity contribution in [2.24, 2.45) is 0 Å². The lowest BCUT2D eigenvalue weighted by atomic mass is 9.79. The zero-order valence-electron chi connectivity index (χ0n) is 32.0. The number of amides is 2. The van der Waals surface area contributed by atoms with Gasteiger partial charge < -0.3 is 30.6 Å². The van der Waals surface area contributed by atoms with Crippen LogP contribution in [0.3, 0.4) is 0 Å². The van der Waals surface area contributed by atoms with Crippen molar-refractivity contribution in [3.63, 3.8) is 0 Å². The molecule has 0 aromatic heterocycles. The van der Waals surface area contributed by atoms with Crippen LogP contribution < -0.4 is 16.0 Å². The van der Waals surface area contributed by atoms with Crippen LogP contribution in [0.25, 0.3) is 0 Å². The van der Waals surface area contributed by atoms with E-state index < -0.39 is 40.3 Å². The second-order valence-corrected chi connectivity index (χ2v) is 16.2. The molecule has 1 aliphatic heterocycles. The van der Waals surface area contributed by atoms with E-state index in [-0.39, 0.29) is 56.2 Å². The van der Waals surface area contributed by atoms with Crippen molar-refractivity contribution in [3.05, 3.63) is 71.8 Å². The molecule has 12 nitrogen and oxygen atoms in total. The average Bonchev–Trinajstić information content (AvgIpc) is 3.10. The van der Waals surface area contributed by atoms with Gasteiger partial charge in [-0.05, 0) is 84.9 Å². The fourth-order valence-electron chi connectivity index (χ4n) is 6.65. The molecule has 2 aromatic rings. The van der Waals surface area contributed by atoms with Crippen molar-refractivity contribution in [1.29, 1.82) is 0 Å². The van der Waals surface area contributed by atoms with Crippen LogP contribution in [-0.2, 0) is 46.3 Å². The molecule has 0 aliphatic carbocycles. The maximum Gasteiger partial charge on any atom is 0.328 e. The Balaban J connectivity index is 1.45. The van der Waals surface area contributed by atoms with Crippen LogP contribution in [0, 0.1) is 0 Å². The summed E-state index contributed by atoms with van der Waals surface area (Å²) < 4.78 is 11.0. The zero-order valence-corrected chi connectivity index (χ0v) is 32.8. The van der Waals surface area contributed by atoms with Crippen molar-refractivity contribution >= 4 is 41.3 Å². The number of hydrogen-bond donors (Lipinski definition) is 4. The molecule has 0 saturated carbocycles. The molecule has 0 bridgehead atoms. The molecule has 3 atom stereocenters. The number of hydrogen-bond acceptors (Lipinski definition) is 11. The van der Waals surface area contributed by atoms with Crippen molar-refractivity contribution in [2.45, 2.75) is 120 Å². The largest absolute Gasteiger partial charge is 0.465 e. The number of nitrogens with one attached hydrogen (secondary N) is 3. The minimum absolute atomic E-state index is 0.0824. The molecule has 53 heavy (non-hydrogen) atoms. The Morgan fingerprint density at radius 2 is 1.30 bits per heavy atom. The number of esters is 2. The Kier molecular flexibility index (Phi) is 17.4. The minimum Gasteiger partial charge on any atom is -0.465 e. The highest BCUT2D eigenvalue weighted by molar-refractivity contribution is 8.00. The number of ether oxygens (including phenoxy) is 2. The molecular weight excluding hydrogens is 697 g/mol. The van der Waals surface area contributed by atoms with Gasteiger partial charge in [0.2, 0.25) is 11.8 Å². The SMILES string of the molecule is CNC(Cc1ccccc1)C(=O)OCCCCOC(=O)C(Cc1ccccc1)NC(=O)CC(SCCC(=O)NC1CC(C)(C)N(O)C(C)(C)C1)C(C)=O. The number of piperidine rings is 1. The lowest BCUT2D eigenvalue weighted by Crippen LogP contribution is -2.62. The summed E-state index contributed by atoms with van der Waals surface area (Å²) in [6, 6.07) is 17.4. The van der Waals surface area contributed by atoms with Gasteiger partial charge in [-0.3, -0.25) is 19.2 Å². The molecule has 4 N–H and O–H groups in total. The summed E-state index contributed by atoms with van der Waals surface area (Å²) in [6.45, 7) is 9.42.